The number of carboxylic acids is 1. The smallest absolute Gasteiger partial charge is 0.408 e. The van der Waals surface area contributed by atoms with Crippen LogP contribution >= 0.6 is 0 Å². The number of rotatable bonds is 9. The standard InChI is InChI=1S/C29H32N6O5/c1-19-16-35(17-24(27(36)37)32-29(39)40-18-21-7-3-2-4-8-21)28(38)33-26(19)34-13-11-20(12-14-34)15-25-30-22-9-5-6-10-23(22)31-25/h2-10,16,20,24H,11-15,17-18H2,1H3,(H,30,31)(H,32,39)(H,36,37)/t24-/m0/s1. The molecule has 1 amide bonds. The molecule has 2 aromatic heterocycles. The number of piperidine rings is 1. The van der Waals surface area contributed by atoms with E-state index in [2.05, 4.69) is 20.2 Å². The van der Waals surface area contributed by atoms with E-state index in [0.29, 0.717) is 11.7 Å². The Morgan fingerprint density at radius 2 is 1.82 bits per heavy atom. The Morgan fingerprint density at radius 1 is 1.10 bits per heavy atom. The summed E-state index contributed by atoms with van der Waals surface area (Å²) in [7, 11) is 0. The van der Waals surface area contributed by atoms with Crippen LogP contribution in [-0.2, 0) is 29.1 Å². The molecule has 1 atom stereocenters. The van der Waals surface area contributed by atoms with Crippen molar-refractivity contribution in [2.24, 2.45) is 5.92 Å². The zero-order chi connectivity index (χ0) is 28.1. The van der Waals surface area contributed by atoms with Crippen LogP contribution in [0.25, 0.3) is 11.0 Å². The predicted octanol–water partition coefficient (Wildman–Crippen LogP) is 3.27. The normalized spacial score (nSPS) is 14.7. The van der Waals surface area contributed by atoms with Crippen molar-refractivity contribution in [2.45, 2.75) is 45.4 Å². The van der Waals surface area contributed by atoms with E-state index in [9.17, 15) is 19.5 Å². The van der Waals surface area contributed by atoms with Gasteiger partial charge in [-0.2, -0.15) is 4.98 Å². The molecule has 5 rings (SSSR count). The quantitative estimate of drug-likeness (QED) is 0.291. The number of aromatic amines is 1. The molecule has 1 saturated heterocycles. The van der Waals surface area contributed by atoms with E-state index in [-0.39, 0.29) is 13.2 Å². The molecule has 11 heteroatoms. The highest BCUT2D eigenvalue weighted by atomic mass is 16.5. The zero-order valence-corrected chi connectivity index (χ0v) is 22.2. The number of para-hydroxylation sites is 2. The Balaban J connectivity index is 1.17. The number of alkyl carbamates (subject to hydrolysis) is 1. The number of ether oxygens (including phenoxy) is 1. The molecule has 3 N–H and O–H groups in total. The molecule has 2 aromatic carbocycles. The molecule has 3 heterocycles. The molecule has 1 aliphatic rings. The van der Waals surface area contributed by atoms with E-state index in [0.717, 1.165) is 60.3 Å². The average molecular weight is 545 g/mol. The number of carbonyl (C=O) groups is 2. The van der Waals surface area contributed by atoms with Crippen molar-refractivity contribution in [1.29, 1.82) is 0 Å². The second-order valence-electron chi connectivity index (χ2n) is 10.1. The van der Waals surface area contributed by atoms with Crippen molar-refractivity contribution in [2.75, 3.05) is 18.0 Å². The third-order valence-electron chi connectivity index (χ3n) is 7.17. The molecule has 0 bridgehead atoms. The van der Waals surface area contributed by atoms with Gasteiger partial charge in [-0.15, -0.1) is 0 Å². The number of imidazole rings is 1. The summed E-state index contributed by atoms with van der Waals surface area (Å²) in [5, 5.41) is 12.0. The molecule has 1 fully saturated rings. The summed E-state index contributed by atoms with van der Waals surface area (Å²) in [6.45, 7) is 3.09. The fraction of sp³-hybridized carbons (Fsp3) is 0.345. The number of aryl methyl sites for hydroxylation is 1. The maximum Gasteiger partial charge on any atom is 0.408 e. The number of anilines is 1. The van der Waals surface area contributed by atoms with Crippen molar-refractivity contribution in [3.05, 3.63) is 88.2 Å². The Bertz CT molecular complexity index is 1510. The van der Waals surface area contributed by atoms with Gasteiger partial charge in [0.25, 0.3) is 0 Å². The van der Waals surface area contributed by atoms with Crippen LogP contribution in [-0.4, -0.2) is 55.8 Å². The highest BCUT2D eigenvalue weighted by Gasteiger charge is 2.25. The molecule has 0 aliphatic carbocycles. The van der Waals surface area contributed by atoms with Crippen LogP contribution in [0.1, 0.15) is 29.8 Å². The van der Waals surface area contributed by atoms with Gasteiger partial charge < -0.3 is 25.0 Å². The van der Waals surface area contributed by atoms with Crippen LogP contribution < -0.4 is 15.9 Å². The Kier molecular flexibility index (Phi) is 8.09. The van der Waals surface area contributed by atoms with E-state index in [1.165, 1.54) is 4.57 Å². The van der Waals surface area contributed by atoms with Crippen LogP contribution in [0.3, 0.4) is 0 Å². The molecule has 0 saturated carbocycles. The van der Waals surface area contributed by atoms with Crippen LogP contribution in [0.5, 0.6) is 0 Å². The molecule has 208 valence electrons. The van der Waals surface area contributed by atoms with Gasteiger partial charge in [-0.05, 0) is 43.4 Å². The molecule has 0 radical (unpaired) electrons. The first-order valence-electron chi connectivity index (χ1n) is 13.3. The van der Waals surface area contributed by atoms with Gasteiger partial charge in [-0.3, -0.25) is 4.57 Å². The molecule has 40 heavy (non-hydrogen) atoms. The largest absolute Gasteiger partial charge is 0.480 e. The van der Waals surface area contributed by atoms with Crippen molar-refractivity contribution in [3.63, 3.8) is 0 Å². The molecule has 4 aromatic rings. The fourth-order valence-corrected chi connectivity index (χ4v) is 5.05. The topological polar surface area (TPSA) is 142 Å². The lowest BCUT2D eigenvalue weighted by Gasteiger charge is -2.33. The van der Waals surface area contributed by atoms with Gasteiger partial charge in [0.15, 0.2) is 0 Å². The summed E-state index contributed by atoms with van der Waals surface area (Å²) in [6, 6.07) is 15.7. The Morgan fingerprint density at radius 3 is 2.55 bits per heavy atom. The number of H-pyrrole nitrogens is 1. The van der Waals surface area contributed by atoms with Crippen molar-refractivity contribution in [3.8, 4) is 0 Å². The fourth-order valence-electron chi connectivity index (χ4n) is 5.05. The summed E-state index contributed by atoms with van der Waals surface area (Å²) in [5.74, 6) is 0.783. The molecule has 0 spiro atoms. The number of amides is 1. The van der Waals surface area contributed by atoms with E-state index in [1.807, 2.05) is 49.4 Å². The predicted molar refractivity (Wildman–Crippen MR) is 149 cm³/mol. The number of benzene rings is 2. The van der Waals surface area contributed by atoms with Gasteiger partial charge in [-0.25, -0.2) is 19.4 Å². The first-order valence-corrected chi connectivity index (χ1v) is 13.3. The number of hydrogen-bond donors (Lipinski definition) is 3. The van der Waals surface area contributed by atoms with E-state index >= 15 is 0 Å². The zero-order valence-electron chi connectivity index (χ0n) is 22.2. The number of aromatic nitrogens is 4. The monoisotopic (exact) mass is 544 g/mol. The Hall–Kier alpha value is -4.67. The van der Waals surface area contributed by atoms with Crippen molar-refractivity contribution in [1.82, 2.24) is 24.8 Å². The highest BCUT2D eigenvalue weighted by Crippen LogP contribution is 2.26. The van der Waals surface area contributed by atoms with Gasteiger partial charge in [0.1, 0.15) is 24.3 Å². The summed E-state index contributed by atoms with van der Waals surface area (Å²) < 4.78 is 6.34. The van der Waals surface area contributed by atoms with Crippen LogP contribution in [0.2, 0.25) is 0 Å². The molecular weight excluding hydrogens is 512 g/mol. The highest BCUT2D eigenvalue weighted by molar-refractivity contribution is 5.79. The van der Waals surface area contributed by atoms with Crippen LogP contribution in [0.4, 0.5) is 10.6 Å². The number of aliphatic carboxylic acids is 1. The minimum atomic E-state index is -1.36. The lowest BCUT2D eigenvalue weighted by molar-refractivity contribution is -0.139. The average Bonchev–Trinajstić information content (AvgIpc) is 3.36. The third-order valence-corrected chi connectivity index (χ3v) is 7.17. The SMILES string of the molecule is Cc1cn(C[C@H](NC(=O)OCc2ccccc2)C(=O)O)c(=O)nc1N1CCC(Cc2nc3ccccc3[nH]2)CC1. The second-order valence-corrected chi connectivity index (χ2v) is 10.1. The van der Waals surface area contributed by atoms with E-state index in [1.54, 1.807) is 18.3 Å². The summed E-state index contributed by atoms with van der Waals surface area (Å²) in [4.78, 5) is 51.4. The number of nitrogens with one attached hydrogen (secondary N) is 2. The first-order chi connectivity index (χ1) is 19.4. The van der Waals surface area contributed by atoms with Gasteiger partial charge >= 0.3 is 17.8 Å². The maximum absolute atomic E-state index is 12.9. The van der Waals surface area contributed by atoms with Crippen LogP contribution in [0.15, 0.2) is 65.6 Å². The van der Waals surface area contributed by atoms with Crippen molar-refractivity contribution < 1.29 is 19.4 Å². The van der Waals surface area contributed by atoms with Gasteiger partial charge in [0.2, 0.25) is 0 Å². The molecule has 11 nitrogen and oxygen atoms in total. The maximum atomic E-state index is 12.9. The van der Waals surface area contributed by atoms with Gasteiger partial charge in [0, 0.05) is 31.3 Å². The number of nitrogens with zero attached hydrogens (tertiary/aromatic N) is 4. The molecule has 1 aliphatic heterocycles. The number of carboxylic acid groups (broad SMARTS) is 1. The number of hydrogen-bond acceptors (Lipinski definition) is 7. The molecule has 0 unspecified atom stereocenters. The van der Waals surface area contributed by atoms with E-state index < -0.39 is 23.8 Å². The summed E-state index contributed by atoms with van der Waals surface area (Å²) in [5.41, 5.74) is 2.97. The third kappa shape index (κ3) is 6.48. The lowest BCUT2D eigenvalue weighted by atomic mass is 9.93. The lowest BCUT2D eigenvalue weighted by Crippen LogP contribution is -2.46. The number of carbonyl (C=O) groups excluding carboxylic acids is 1. The minimum absolute atomic E-state index is 0.00326. The minimum Gasteiger partial charge on any atom is -0.480 e. The van der Waals surface area contributed by atoms with Crippen LogP contribution in [0, 0.1) is 12.8 Å². The summed E-state index contributed by atoms with van der Waals surface area (Å²) in [6.07, 6.45) is 3.47. The van der Waals surface area contributed by atoms with Crippen molar-refractivity contribution >= 4 is 28.9 Å². The first kappa shape index (κ1) is 26.9. The summed E-state index contributed by atoms with van der Waals surface area (Å²) >= 11 is 0. The number of fused-ring (bicyclic) bond motifs is 1. The Labute approximate surface area is 230 Å². The van der Waals surface area contributed by atoms with Gasteiger partial charge in [-0.1, -0.05) is 42.5 Å². The van der Waals surface area contributed by atoms with Gasteiger partial charge in [0.05, 0.1) is 17.6 Å². The second kappa shape index (κ2) is 12.0. The van der Waals surface area contributed by atoms with E-state index in [4.69, 9.17) is 9.72 Å². The molecular formula is C29H32N6O5.